The van der Waals surface area contributed by atoms with Crippen molar-refractivity contribution in [2.45, 2.75) is 23.9 Å². The van der Waals surface area contributed by atoms with Crippen LogP contribution in [0.3, 0.4) is 0 Å². The summed E-state index contributed by atoms with van der Waals surface area (Å²) in [6.45, 7) is 0. The Morgan fingerprint density at radius 1 is 0.792 bits per heavy atom. The van der Waals surface area contributed by atoms with E-state index in [4.69, 9.17) is 0 Å². The van der Waals surface area contributed by atoms with Crippen molar-refractivity contribution >= 4 is 21.7 Å². The van der Waals surface area contributed by atoms with E-state index in [0.29, 0.717) is 0 Å². The van der Waals surface area contributed by atoms with E-state index >= 15 is 0 Å². The van der Waals surface area contributed by atoms with Gasteiger partial charge in [0.1, 0.15) is 11.6 Å². The van der Waals surface area contributed by atoms with Crippen LogP contribution in [0.25, 0.3) is 0 Å². The molecule has 0 aliphatic carbocycles. The van der Waals surface area contributed by atoms with Gasteiger partial charge in [0.05, 0.1) is 5.56 Å². The Kier molecular flexibility index (Phi) is 5.03. The zero-order valence-corrected chi connectivity index (χ0v) is 12.2. The van der Waals surface area contributed by atoms with E-state index in [-0.39, 0.29) is 12.1 Å². The molecule has 0 fully saturated rings. The predicted octanol–water partition coefficient (Wildman–Crippen LogP) is 5.38. The Hall–Kier alpha value is -1.40. The first-order valence-electron chi connectivity index (χ1n) is 5.38. The fourth-order valence-corrected chi connectivity index (χ4v) is 1.84. The fraction of sp³-hybridized carbons (Fsp3) is 0.364. The van der Waals surface area contributed by atoms with Gasteiger partial charge in [0.25, 0.3) is 0 Å². The second-order valence-electron chi connectivity index (χ2n) is 4.29. The Bertz CT molecular complexity index is 641. The highest BCUT2D eigenvalue weighted by Crippen LogP contribution is 2.54. The summed E-state index contributed by atoms with van der Waals surface area (Å²) in [5.74, 6) is -29.3. The topological polar surface area (TPSA) is 17.1 Å². The van der Waals surface area contributed by atoms with E-state index in [0.717, 1.165) is 0 Å². The highest BCUT2D eigenvalue weighted by atomic mass is 79.9. The summed E-state index contributed by atoms with van der Waals surface area (Å²) in [6.07, 6.45) is -7.16. The summed E-state index contributed by atoms with van der Waals surface area (Å²) in [6, 6.07) is 0.291. The second-order valence-corrected chi connectivity index (χ2v) is 5.21. The van der Waals surface area contributed by atoms with Crippen molar-refractivity contribution in [2.24, 2.45) is 0 Å². The highest BCUT2D eigenvalue weighted by Gasteiger charge is 2.83. The zero-order valence-electron chi connectivity index (χ0n) is 10.6. The lowest BCUT2D eigenvalue weighted by Gasteiger charge is -2.32. The van der Waals surface area contributed by atoms with Gasteiger partial charge in [-0.1, -0.05) is 15.9 Å². The lowest BCUT2D eigenvalue weighted by atomic mass is 9.95. The molecule has 1 aromatic carbocycles. The number of carbonyl (C=O) groups is 1. The molecule has 1 rings (SSSR count). The molecular weight excluding hydrogens is 437 g/mol. The lowest BCUT2D eigenvalue weighted by molar-refractivity contribution is -0.386. The fourth-order valence-electron chi connectivity index (χ4n) is 1.43. The number of ketones is 1. The van der Waals surface area contributed by atoms with Gasteiger partial charge < -0.3 is 0 Å². The van der Waals surface area contributed by atoms with Gasteiger partial charge in [0.15, 0.2) is 0 Å². The second kappa shape index (κ2) is 5.85. The molecule has 1 nitrogen and oxygen atoms in total. The van der Waals surface area contributed by atoms with Crippen LogP contribution >= 0.6 is 15.9 Å². The first-order chi connectivity index (χ1) is 10.5. The minimum atomic E-state index is -7.35. The molecule has 0 aromatic heterocycles. The number of hydrogen-bond acceptors (Lipinski definition) is 1. The number of Topliss-reactive ketones (excluding diaryl/α,β-unsaturated/α-hetero) is 1. The van der Waals surface area contributed by atoms with Gasteiger partial charge in [-0.25, -0.2) is 8.78 Å². The molecule has 13 heteroatoms. The number of carbonyl (C=O) groups excluding carboxylic acids is 1. The van der Waals surface area contributed by atoms with Crippen LogP contribution in [0.15, 0.2) is 16.6 Å². The number of halogens is 12. The van der Waals surface area contributed by atoms with Gasteiger partial charge >= 0.3 is 23.9 Å². The molecule has 0 heterocycles. The molecule has 0 atom stereocenters. The third-order valence-corrected chi connectivity index (χ3v) is 3.12. The minimum Gasteiger partial charge on any atom is -0.287 e. The van der Waals surface area contributed by atoms with Gasteiger partial charge in [-0.2, -0.15) is 39.5 Å². The van der Waals surface area contributed by atoms with Gasteiger partial charge in [-0.15, -0.1) is 0 Å². The largest absolute Gasteiger partial charge is 0.460 e. The third-order valence-electron chi connectivity index (χ3n) is 2.66. The van der Waals surface area contributed by atoms with Crippen LogP contribution in [0.5, 0.6) is 0 Å². The van der Waals surface area contributed by atoms with Crippen LogP contribution in [0.4, 0.5) is 48.3 Å². The van der Waals surface area contributed by atoms with E-state index in [1.807, 2.05) is 0 Å². The molecule has 0 saturated heterocycles. The maximum absolute atomic E-state index is 13.3. The van der Waals surface area contributed by atoms with Crippen molar-refractivity contribution in [1.29, 1.82) is 0 Å². The van der Waals surface area contributed by atoms with Crippen molar-refractivity contribution in [3.8, 4) is 0 Å². The molecule has 0 saturated carbocycles. The molecule has 0 radical (unpaired) electrons. The van der Waals surface area contributed by atoms with Crippen molar-refractivity contribution in [1.82, 2.24) is 0 Å². The van der Waals surface area contributed by atoms with Crippen LogP contribution < -0.4 is 0 Å². The summed E-state index contributed by atoms with van der Waals surface area (Å²) in [4.78, 5) is 11.2. The van der Waals surface area contributed by atoms with Crippen molar-refractivity contribution in [2.75, 3.05) is 0 Å². The smallest absolute Gasteiger partial charge is 0.287 e. The van der Waals surface area contributed by atoms with Crippen molar-refractivity contribution < 1.29 is 53.1 Å². The van der Waals surface area contributed by atoms with Crippen LogP contribution in [-0.4, -0.2) is 29.7 Å². The zero-order chi connectivity index (χ0) is 19.3. The maximum Gasteiger partial charge on any atom is 0.460 e. The Morgan fingerprint density at radius 2 is 1.17 bits per heavy atom. The molecule has 0 aliphatic heterocycles. The number of hydrogen-bond donors (Lipinski definition) is 0. The van der Waals surface area contributed by atoms with E-state index in [9.17, 15) is 53.1 Å². The molecule has 0 spiro atoms. The molecule has 136 valence electrons. The minimum absolute atomic E-state index is 0.145. The molecule has 0 aliphatic rings. The van der Waals surface area contributed by atoms with Crippen LogP contribution in [-0.2, 0) is 0 Å². The van der Waals surface area contributed by atoms with Crippen LogP contribution in [0, 0.1) is 11.6 Å². The Labute approximate surface area is 133 Å². The SMILES string of the molecule is O=C(c1c(F)cc(Br)cc1F)C(F)(F)C(F)(F)C(F)(F)C(F)(F)F. The number of alkyl halides is 9. The van der Waals surface area contributed by atoms with E-state index in [1.54, 1.807) is 0 Å². The van der Waals surface area contributed by atoms with Gasteiger partial charge in [-0.05, 0) is 12.1 Å². The average molecular weight is 439 g/mol. The predicted molar refractivity (Wildman–Crippen MR) is 59.3 cm³/mol. The van der Waals surface area contributed by atoms with Gasteiger partial charge in [0, 0.05) is 4.47 Å². The molecule has 24 heavy (non-hydrogen) atoms. The van der Waals surface area contributed by atoms with E-state index in [2.05, 4.69) is 15.9 Å². The highest BCUT2D eigenvalue weighted by molar-refractivity contribution is 9.10. The van der Waals surface area contributed by atoms with Crippen LogP contribution in [0.2, 0.25) is 0 Å². The molecule has 1 aromatic rings. The lowest BCUT2D eigenvalue weighted by Crippen LogP contribution is -2.63. The van der Waals surface area contributed by atoms with Gasteiger partial charge in [0.2, 0.25) is 5.78 Å². The number of benzene rings is 1. The molecule has 0 bridgehead atoms. The van der Waals surface area contributed by atoms with Crippen LogP contribution in [0.1, 0.15) is 10.4 Å². The van der Waals surface area contributed by atoms with Crippen molar-refractivity contribution in [3.05, 3.63) is 33.8 Å². The first kappa shape index (κ1) is 20.6. The third kappa shape index (κ3) is 2.97. The van der Waals surface area contributed by atoms with Crippen molar-refractivity contribution in [3.63, 3.8) is 0 Å². The Balaban J connectivity index is 3.52. The summed E-state index contributed by atoms with van der Waals surface area (Å²) >= 11 is 2.45. The molecular formula is C11H2BrF11O. The Morgan fingerprint density at radius 3 is 1.50 bits per heavy atom. The quantitative estimate of drug-likeness (QED) is 0.455. The summed E-state index contributed by atoms with van der Waals surface area (Å²) in [7, 11) is 0. The maximum atomic E-state index is 13.3. The van der Waals surface area contributed by atoms with E-state index in [1.165, 1.54) is 0 Å². The standard InChI is InChI=1S/C11H2BrF11O/c12-3-1-4(13)6(5(14)2-3)7(24)8(15,16)9(17,18)10(19,20)11(21,22)23/h1-2H. The average Bonchev–Trinajstić information content (AvgIpc) is 2.35. The summed E-state index contributed by atoms with van der Waals surface area (Å²) < 4.78 is 140. The van der Waals surface area contributed by atoms with E-state index < -0.39 is 51.4 Å². The number of rotatable bonds is 4. The normalized spacial score (nSPS) is 14.0. The van der Waals surface area contributed by atoms with Gasteiger partial charge in [-0.3, -0.25) is 4.79 Å². The summed E-state index contributed by atoms with van der Waals surface area (Å²) in [5, 5.41) is 0. The molecule has 0 amide bonds. The summed E-state index contributed by atoms with van der Waals surface area (Å²) in [5.41, 5.74) is -2.39. The first-order valence-corrected chi connectivity index (χ1v) is 6.17. The molecule has 0 unspecified atom stereocenters. The molecule has 0 N–H and O–H groups in total. The monoisotopic (exact) mass is 438 g/mol.